The van der Waals surface area contributed by atoms with Crippen molar-refractivity contribution >= 4 is 23.8 Å². The highest BCUT2D eigenvalue weighted by molar-refractivity contribution is 5.96. The van der Waals surface area contributed by atoms with E-state index in [9.17, 15) is 9.59 Å². The summed E-state index contributed by atoms with van der Waals surface area (Å²) in [6.45, 7) is 5.40. The van der Waals surface area contributed by atoms with Crippen molar-refractivity contribution in [1.82, 2.24) is 9.78 Å². The highest BCUT2D eigenvalue weighted by atomic mass is 16.5. The van der Waals surface area contributed by atoms with Crippen molar-refractivity contribution in [1.29, 1.82) is 0 Å². The Morgan fingerprint density at radius 1 is 1.14 bits per heavy atom. The molecule has 28 heavy (non-hydrogen) atoms. The minimum atomic E-state index is -0.972. The molecular weight excluding hydrogens is 362 g/mol. The van der Waals surface area contributed by atoms with Crippen LogP contribution in [0, 0.1) is 0 Å². The number of amides is 1. The summed E-state index contributed by atoms with van der Waals surface area (Å²) in [5, 5.41) is 6.85. The van der Waals surface area contributed by atoms with Gasteiger partial charge in [-0.1, -0.05) is 12.1 Å². The molecule has 0 aliphatic rings. The van der Waals surface area contributed by atoms with E-state index in [-0.39, 0.29) is 6.04 Å². The second-order valence-corrected chi connectivity index (χ2v) is 6.24. The number of esters is 1. The fourth-order valence-electron chi connectivity index (χ4n) is 2.52. The maximum absolute atomic E-state index is 12.3. The predicted octanol–water partition coefficient (Wildman–Crippen LogP) is 3.06. The lowest BCUT2D eigenvalue weighted by Gasteiger charge is -2.15. The van der Waals surface area contributed by atoms with Gasteiger partial charge in [-0.25, -0.2) is 9.48 Å². The number of anilines is 1. The molecule has 8 nitrogen and oxygen atoms in total. The number of nitrogens with one attached hydrogen (secondary N) is 1. The third-order valence-corrected chi connectivity index (χ3v) is 3.91. The van der Waals surface area contributed by atoms with Crippen LogP contribution in [0.1, 0.15) is 32.4 Å². The molecule has 0 unspecified atom stereocenters. The molecule has 8 heteroatoms. The van der Waals surface area contributed by atoms with Crippen molar-refractivity contribution in [2.45, 2.75) is 32.9 Å². The van der Waals surface area contributed by atoms with E-state index in [0.29, 0.717) is 22.9 Å². The van der Waals surface area contributed by atoms with E-state index >= 15 is 0 Å². The fourth-order valence-corrected chi connectivity index (χ4v) is 2.52. The lowest BCUT2D eigenvalue weighted by molar-refractivity contribution is -0.148. The monoisotopic (exact) mass is 387 g/mol. The summed E-state index contributed by atoms with van der Waals surface area (Å²) in [7, 11) is 3.05. The Kier molecular flexibility index (Phi) is 7.20. The van der Waals surface area contributed by atoms with Crippen LogP contribution in [-0.4, -0.2) is 42.0 Å². The molecule has 2 aromatic rings. The van der Waals surface area contributed by atoms with E-state index < -0.39 is 18.0 Å². The standard InChI is InChI=1S/C20H25N3O5/c1-13(2)23-17(11-12-21-23)22-20(25)14(3)28-18(24)10-9-15-7-6-8-16(26-4)19(15)27-5/h6-14H,1-5H3,(H,22,25)/b10-9+/t14-/m1/s1. The Morgan fingerprint density at radius 3 is 2.54 bits per heavy atom. The van der Waals surface area contributed by atoms with Crippen LogP contribution in [-0.2, 0) is 14.3 Å². The van der Waals surface area contributed by atoms with Gasteiger partial charge in [0.15, 0.2) is 17.6 Å². The van der Waals surface area contributed by atoms with Crippen LogP contribution in [0.3, 0.4) is 0 Å². The molecule has 1 atom stereocenters. The molecule has 0 bridgehead atoms. The number of para-hydroxylation sites is 1. The zero-order chi connectivity index (χ0) is 20.7. The second kappa shape index (κ2) is 9.59. The molecule has 0 aliphatic heterocycles. The van der Waals surface area contributed by atoms with E-state index in [1.165, 1.54) is 27.2 Å². The largest absolute Gasteiger partial charge is 0.493 e. The van der Waals surface area contributed by atoms with Crippen LogP contribution in [0.4, 0.5) is 5.82 Å². The van der Waals surface area contributed by atoms with Gasteiger partial charge in [-0.3, -0.25) is 4.79 Å². The smallest absolute Gasteiger partial charge is 0.331 e. The van der Waals surface area contributed by atoms with Crippen LogP contribution in [0.15, 0.2) is 36.5 Å². The third-order valence-electron chi connectivity index (χ3n) is 3.91. The highest BCUT2D eigenvalue weighted by Gasteiger charge is 2.19. The first-order valence-corrected chi connectivity index (χ1v) is 8.81. The van der Waals surface area contributed by atoms with Crippen molar-refractivity contribution in [3.63, 3.8) is 0 Å². The molecule has 150 valence electrons. The molecule has 0 aliphatic carbocycles. The summed E-state index contributed by atoms with van der Waals surface area (Å²) in [4.78, 5) is 24.4. The molecule has 1 N–H and O–H groups in total. The summed E-state index contributed by atoms with van der Waals surface area (Å²) >= 11 is 0. The summed E-state index contributed by atoms with van der Waals surface area (Å²) in [5.74, 6) is 0.502. The predicted molar refractivity (Wildman–Crippen MR) is 105 cm³/mol. The Balaban J connectivity index is 2.00. The Labute approximate surface area is 164 Å². The van der Waals surface area contributed by atoms with Gasteiger partial charge in [0, 0.05) is 23.7 Å². The second-order valence-electron chi connectivity index (χ2n) is 6.24. The van der Waals surface area contributed by atoms with E-state index in [4.69, 9.17) is 14.2 Å². The van der Waals surface area contributed by atoms with Crippen LogP contribution >= 0.6 is 0 Å². The number of nitrogens with zero attached hydrogens (tertiary/aromatic N) is 2. The van der Waals surface area contributed by atoms with Gasteiger partial charge in [0.05, 0.1) is 20.4 Å². The first-order chi connectivity index (χ1) is 13.4. The van der Waals surface area contributed by atoms with E-state index in [0.717, 1.165) is 0 Å². The van der Waals surface area contributed by atoms with Crippen LogP contribution in [0.25, 0.3) is 6.08 Å². The fraction of sp³-hybridized carbons (Fsp3) is 0.350. The molecule has 1 aromatic carbocycles. The lowest BCUT2D eigenvalue weighted by atomic mass is 10.1. The molecular formula is C20H25N3O5. The summed E-state index contributed by atoms with van der Waals surface area (Å²) in [5.41, 5.74) is 0.650. The summed E-state index contributed by atoms with van der Waals surface area (Å²) in [6.07, 6.45) is 3.40. The zero-order valence-corrected chi connectivity index (χ0v) is 16.6. The van der Waals surface area contributed by atoms with Gasteiger partial charge < -0.3 is 19.5 Å². The molecule has 1 aromatic heterocycles. The van der Waals surface area contributed by atoms with Crippen LogP contribution < -0.4 is 14.8 Å². The Hall–Kier alpha value is -3.29. The van der Waals surface area contributed by atoms with Crippen molar-refractivity contribution in [2.75, 3.05) is 19.5 Å². The van der Waals surface area contributed by atoms with Crippen molar-refractivity contribution in [3.05, 3.63) is 42.1 Å². The molecule has 1 heterocycles. The quantitative estimate of drug-likeness (QED) is 0.553. The highest BCUT2D eigenvalue weighted by Crippen LogP contribution is 2.31. The number of carbonyl (C=O) groups excluding carboxylic acids is 2. The topological polar surface area (TPSA) is 91.7 Å². The number of benzene rings is 1. The molecule has 0 radical (unpaired) electrons. The van der Waals surface area contributed by atoms with Gasteiger partial charge in [-0.2, -0.15) is 5.10 Å². The van der Waals surface area contributed by atoms with Crippen molar-refractivity contribution in [2.24, 2.45) is 0 Å². The summed E-state index contributed by atoms with van der Waals surface area (Å²) in [6, 6.07) is 7.07. The third kappa shape index (κ3) is 5.12. The van der Waals surface area contributed by atoms with Gasteiger partial charge in [0.25, 0.3) is 5.91 Å². The molecule has 2 rings (SSSR count). The molecule has 0 fully saturated rings. The minimum absolute atomic E-state index is 0.0870. The first kappa shape index (κ1) is 21.0. The van der Waals surface area contributed by atoms with Gasteiger partial charge in [0.2, 0.25) is 0 Å². The van der Waals surface area contributed by atoms with Crippen molar-refractivity contribution < 1.29 is 23.8 Å². The average molecular weight is 387 g/mol. The van der Waals surface area contributed by atoms with Crippen molar-refractivity contribution in [3.8, 4) is 11.5 Å². The number of rotatable bonds is 8. The molecule has 1 amide bonds. The number of hydrogen-bond donors (Lipinski definition) is 1. The zero-order valence-electron chi connectivity index (χ0n) is 16.6. The number of methoxy groups -OCH3 is 2. The van der Waals surface area contributed by atoms with Gasteiger partial charge >= 0.3 is 5.97 Å². The normalized spacial score (nSPS) is 12.1. The number of carbonyl (C=O) groups is 2. The number of aromatic nitrogens is 2. The average Bonchev–Trinajstić information content (AvgIpc) is 3.14. The SMILES string of the molecule is COc1cccc(/C=C/C(=O)O[C@H](C)C(=O)Nc2ccnn2C(C)C)c1OC. The maximum atomic E-state index is 12.3. The number of ether oxygens (including phenoxy) is 3. The van der Waals surface area contributed by atoms with E-state index in [1.54, 1.807) is 41.2 Å². The summed E-state index contributed by atoms with van der Waals surface area (Å²) < 4.78 is 17.4. The van der Waals surface area contributed by atoms with Crippen LogP contribution in [0.2, 0.25) is 0 Å². The van der Waals surface area contributed by atoms with Gasteiger partial charge in [0.1, 0.15) is 5.82 Å². The molecule has 0 saturated heterocycles. The first-order valence-electron chi connectivity index (χ1n) is 8.81. The number of hydrogen-bond acceptors (Lipinski definition) is 6. The molecule has 0 spiro atoms. The van der Waals surface area contributed by atoms with E-state index in [1.807, 2.05) is 13.8 Å². The molecule has 0 saturated carbocycles. The Morgan fingerprint density at radius 2 is 1.89 bits per heavy atom. The maximum Gasteiger partial charge on any atom is 0.331 e. The lowest BCUT2D eigenvalue weighted by Crippen LogP contribution is -2.30. The van der Waals surface area contributed by atoms with Crippen LogP contribution in [0.5, 0.6) is 11.5 Å². The van der Waals surface area contributed by atoms with E-state index in [2.05, 4.69) is 10.4 Å². The minimum Gasteiger partial charge on any atom is -0.493 e. The van der Waals surface area contributed by atoms with Gasteiger partial charge in [-0.15, -0.1) is 0 Å². The Bertz CT molecular complexity index is 857. The van der Waals surface area contributed by atoms with Gasteiger partial charge in [-0.05, 0) is 32.9 Å².